The van der Waals surface area contributed by atoms with Crippen LogP contribution < -0.4 is 19.9 Å². The number of hydrogen-bond donors (Lipinski definition) is 0. The van der Waals surface area contributed by atoms with Crippen LogP contribution in [0.2, 0.25) is 0 Å². The van der Waals surface area contributed by atoms with E-state index in [0.29, 0.717) is 50.3 Å². The second-order valence-electron chi connectivity index (χ2n) is 9.29. The van der Waals surface area contributed by atoms with Crippen molar-refractivity contribution in [2.75, 3.05) is 18.2 Å². The molecule has 2 fully saturated rings. The molecule has 1 amide bonds. The van der Waals surface area contributed by atoms with Crippen molar-refractivity contribution in [1.82, 2.24) is 14.3 Å². The Kier molecular flexibility index (Phi) is 6.37. The Morgan fingerprint density at radius 3 is 2.89 bits per heavy atom. The Labute approximate surface area is 223 Å². The maximum atomic E-state index is 13.7. The lowest BCUT2D eigenvalue weighted by Crippen LogP contribution is -2.41. The number of anilines is 1. The average Bonchev–Trinajstić information content (AvgIpc) is 3.49. The monoisotopic (exact) mass is 534 g/mol. The average molecular weight is 535 g/mol. The van der Waals surface area contributed by atoms with Crippen LogP contribution in [0.15, 0.2) is 52.3 Å². The lowest BCUT2D eigenvalue weighted by molar-refractivity contribution is -0.122. The third-order valence-corrected chi connectivity index (χ3v) is 8.42. The fourth-order valence-electron chi connectivity index (χ4n) is 5.13. The van der Waals surface area contributed by atoms with Crippen molar-refractivity contribution in [3.63, 3.8) is 0 Å². The van der Waals surface area contributed by atoms with Crippen LogP contribution in [0.5, 0.6) is 11.5 Å². The third-order valence-electron chi connectivity index (χ3n) is 7.05. The highest BCUT2D eigenvalue weighted by molar-refractivity contribution is 8.26. The van der Waals surface area contributed by atoms with Gasteiger partial charge in [0.25, 0.3) is 11.5 Å². The zero-order valence-corrected chi connectivity index (χ0v) is 22.0. The molecule has 3 aliphatic heterocycles. The number of benzene rings is 1. The summed E-state index contributed by atoms with van der Waals surface area (Å²) in [6.07, 6.45) is 7.63. The summed E-state index contributed by atoms with van der Waals surface area (Å²) >= 11 is 6.79. The molecule has 3 aromatic rings. The second kappa shape index (κ2) is 9.83. The highest BCUT2D eigenvalue weighted by atomic mass is 32.2. The molecule has 10 heteroatoms. The largest absolute Gasteiger partial charge is 0.454 e. The van der Waals surface area contributed by atoms with Gasteiger partial charge >= 0.3 is 0 Å². The number of carbonyl (C=O) groups excluding carboxylic acids is 1. The van der Waals surface area contributed by atoms with Crippen molar-refractivity contribution >= 4 is 51.7 Å². The van der Waals surface area contributed by atoms with E-state index in [4.69, 9.17) is 26.7 Å². The Hall–Kier alpha value is -3.37. The van der Waals surface area contributed by atoms with Crippen LogP contribution in [-0.2, 0) is 11.3 Å². The zero-order valence-electron chi connectivity index (χ0n) is 20.4. The van der Waals surface area contributed by atoms with E-state index in [-0.39, 0.29) is 18.3 Å². The molecule has 37 heavy (non-hydrogen) atoms. The van der Waals surface area contributed by atoms with Crippen molar-refractivity contribution in [1.29, 1.82) is 0 Å². The molecule has 0 spiro atoms. The van der Waals surface area contributed by atoms with Gasteiger partial charge in [-0.15, -0.1) is 0 Å². The standard InChI is InChI=1S/C27H26N4O4S2/c1-2-18-7-3-5-11-29(18)24-19(25(32)30-12-6-4-8-23(30)28-24)14-22-26(33)31(27(36)37-22)15-17-9-10-20-21(13-17)35-16-34-20/h4,6,8-10,12-14,18H,2-3,5,7,11,15-16H2,1H3. The molecule has 190 valence electrons. The second-order valence-corrected chi connectivity index (χ2v) is 11.0. The number of aromatic nitrogens is 2. The van der Waals surface area contributed by atoms with Crippen molar-refractivity contribution in [3.8, 4) is 11.5 Å². The van der Waals surface area contributed by atoms with Gasteiger partial charge in [-0.25, -0.2) is 4.98 Å². The lowest BCUT2D eigenvalue weighted by Gasteiger charge is -2.37. The number of nitrogens with zero attached hydrogens (tertiary/aromatic N) is 4. The molecule has 1 atom stereocenters. The Balaban J connectivity index is 1.38. The van der Waals surface area contributed by atoms with E-state index in [1.54, 1.807) is 23.2 Å². The first-order valence-corrected chi connectivity index (χ1v) is 13.7. The summed E-state index contributed by atoms with van der Waals surface area (Å²) < 4.78 is 12.8. The molecular weight excluding hydrogens is 508 g/mol. The van der Waals surface area contributed by atoms with Crippen molar-refractivity contribution < 1.29 is 14.3 Å². The summed E-state index contributed by atoms with van der Waals surface area (Å²) in [5, 5.41) is 0. The fourth-order valence-corrected chi connectivity index (χ4v) is 6.37. The van der Waals surface area contributed by atoms with E-state index >= 15 is 0 Å². The predicted octanol–water partition coefficient (Wildman–Crippen LogP) is 4.59. The topological polar surface area (TPSA) is 76.4 Å². The number of fused-ring (bicyclic) bond motifs is 2. The minimum Gasteiger partial charge on any atom is -0.454 e. The van der Waals surface area contributed by atoms with Gasteiger partial charge in [0.15, 0.2) is 11.5 Å². The van der Waals surface area contributed by atoms with Gasteiger partial charge in [-0.2, -0.15) is 0 Å². The van der Waals surface area contributed by atoms with Crippen LogP contribution in [-0.4, -0.2) is 43.9 Å². The number of amides is 1. The van der Waals surface area contributed by atoms with E-state index in [2.05, 4.69) is 11.8 Å². The van der Waals surface area contributed by atoms with Crippen molar-refractivity contribution in [2.24, 2.45) is 0 Å². The summed E-state index contributed by atoms with van der Waals surface area (Å²) in [5.74, 6) is 1.77. The molecule has 0 aliphatic carbocycles. The van der Waals surface area contributed by atoms with E-state index in [0.717, 1.165) is 37.8 Å². The van der Waals surface area contributed by atoms with Gasteiger partial charge in [-0.05, 0) is 61.6 Å². The van der Waals surface area contributed by atoms with Crippen LogP contribution in [0.1, 0.15) is 43.7 Å². The molecule has 6 rings (SSSR count). The van der Waals surface area contributed by atoms with E-state index in [1.165, 1.54) is 16.2 Å². The molecule has 0 N–H and O–H groups in total. The third kappa shape index (κ3) is 4.38. The van der Waals surface area contributed by atoms with Gasteiger partial charge in [0.1, 0.15) is 15.8 Å². The van der Waals surface area contributed by atoms with Crippen LogP contribution in [0.3, 0.4) is 0 Å². The minimum atomic E-state index is -0.220. The zero-order chi connectivity index (χ0) is 25.5. The maximum absolute atomic E-state index is 13.7. The first-order valence-electron chi connectivity index (χ1n) is 12.5. The molecule has 0 radical (unpaired) electrons. The van der Waals surface area contributed by atoms with Gasteiger partial charge in [0, 0.05) is 18.8 Å². The van der Waals surface area contributed by atoms with Crippen molar-refractivity contribution in [3.05, 3.63) is 69.0 Å². The normalized spacial score (nSPS) is 20.5. The molecule has 1 aromatic carbocycles. The number of hydrogen-bond acceptors (Lipinski definition) is 8. The molecular formula is C27H26N4O4S2. The van der Waals surface area contributed by atoms with Crippen molar-refractivity contribution in [2.45, 2.75) is 45.2 Å². The predicted molar refractivity (Wildman–Crippen MR) is 148 cm³/mol. The first kappa shape index (κ1) is 24.0. The number of ether oxygens (including phenoxy) is 2. The minimum absolute atomic E-state index is 0.191. The van der Waals surface area contributed by atoms with Gasteiger partial charge in [0.05, 0.1) is 17.0 Å². The van der Waals surface area contributed by atoms with Crippen LogP contribution >= 0.6 is 24.0 Å². The Morgan fingerprint density at radius 2 is 2.03 bits per heavy atom. The molecule has 5 heterocycles. The Bertz CT molecular complexity index is 1500. The summed E-state index contributed by atoms with van der Waals surface area (Å²) in [4.78, 5) is 36.3. The highest BCUT2D eigenvalue weighted by Gasteiger charge is 2.34. The summed E-state index contributed by atoms with van der Waals surface area (Å²) in [7, 11) is 0. The number of rotatable bonds is 5. The SMILES string of the molecule is CCC1CCCCN1c1nc2ccccn2c(=O)c1C=C1SC(=S)N(Cc2ccc3c(c2)OCO3)C1=O. The molecule has 0 bridgehead atoms. The maximum Gasteiger partial charge on any atom is 0.267 e. The fraction of sp³-hybridized carbons (Fsp3) is 0.333. The van der Waals surface area contributed by atoms with E-state index in [9.17, 15) is 9.59 Å². The smallest absolute Gasteiger partial charge is 0.267 e. The van der Waals surface area contributed by atoms with Crippen LogP contribution in [0.25, 0.3) is 11.7 Å². The van der Waals surface area contributed by atoms with Crippen LogP contribution in [0, 0.1) is 0 Å². The van der Waals surface area contributed by atoms with Gasteiger partial charge in [0.2, 0.25) is 6.79 Å². The number of carbonyl (C=O) groups is 1. The summed E-state index contributed by atoms with van der Waals surface area (Å²) in [6, 6.07) is 11.4. The van der Waals surface area contributed by atoms with Gasteiger partial charge in [-0.1, -0.05) is 43.0 Å². The molecule has 8 nitrogen and oxygen atoms in total. The Morgan fingerprint density at radius 1 is 1.16 bits per heavy atom. The molecule has 2 saturated heterocycles. The number of piperidine rings is 1. The number of pyridine rings is 1. The first-order chi connectivity index (χ1) is 18.0. The van der Waals surface area contributed by atoms with E-state index in [1.807, 2.05) is 30.3 Å². The van der Waals surface area contributed by atoms with E-state index < -0.39 is 0 Å². The highest BCUT2D eigenvalue weighted by Crippen LogP contribution is 2.37. The lowest BCUT2D eigenvalue weighted by atomic mass is 9.99. The molecule has 2 aromatic heterocycles. The summed E-state index contributed by atoms with van der Waals surface area (Å²) in [5.41, 5.74) is 1.71. The molecule has 3 aliphatic rings. The quantitative estimate of drug-likeness (QED) is 0.348. The van der Waals surface area contributed by atoms with Crippen LogP contribution in [0.4, 0.5) is 5.82 Å². The molecule has 1 unspecified atom stereocenters. The van der Waals surface area contributed by atoms with Gasteiger partial charge in [-0.3, -0.25) is 18.9 Å². The summed E-state index contributed by atoms with van der Waals surface area (Å²) in [6.45, 7) is 3.50. The number of thioether (sulfide) groups is 1. The number of thiocarbonyl (C=S) groups is 1. The van der Waals surface area contributed by atoms with Gasteiger partial charge < -0.3 is 14.4 Å². The molecule has 0 saturated carbocycles.